The van der Waals surface area contributed by atoms with Crippen LogP contribution >= 0.6 is 0 Å². The SMILES string of the molecule is COc1ccc([C@H]2c3cc4c(cc3O[C@H](Nc3ccccc3)[C@@H]2C)OCO4)cc1. The van der Waals surface area contributed by atoms with E-state index >= 15 is 0 Å². The van der Waals surface area contributed by atoms with Crippen LogP contribution in [0.5, 0.6) is 23.0 Å². The molecule has 0 fully saturated rings. The summed E-state index contributed by atoms with van der Waals surface area (Å²) in [5, 5.41) is 3.54. The lowest BCUT2D eigenvalue weighted by Gasteiger charge is -2.39. The van der Waals surface area contributed by atoms with Crippen molar-refractivity contribution in [3.63, 3.8) is 0 Å². The van der Waals surface area contributed by atoms with Crippen molar-refractivity contribution in [2.45, 2.75) is 19.1 Å². The van der Waals surface area contributed by atoms with E-state index in [1.807, 2.05) is 48.5 Å². The van der Waals surface area contributed by atoms with Gasteiger partial charge in [-0.05, 0) is 35.9 Å². The lowest BCUT2D eigenvalue weighted by molar-refractivity contribution is 0.134. The number of benzene rings is 3. The van der Waals surface area contributed by atoms with Gasteiger partial charge in [-0.15, -0.1) is 0 Å². The second-order valence-corrected chi connectivity index (χ2v) is 7.40. The van der Waals surface area contributed by atoms with E-state index in [0.29, 0.717) is 0 Å². The molecular weight excluding hydrogens is 366 g/mol. The average Bonchev–Trinajstić information content (AvgIpc) is 3.21. The number of hydrogen-bond donors (Lipinski definition) is 1. The molecule has 5 heteroatoms. The van der Waals surface area contributed by atoms with Crippen LogP contribution in [0.3, 0.4) is 0 Å². The zero-order valence-corrected chi connectivity index (χ0v) is 16.4. The van der Waals surface area contributed by atoms with Gasteiger partial charge in [0.2, 0.25) is 6.79 Å². The summed E-state index contributed by atoms with van der Waals surface area (Å²) < 4.78 is 22.9. The van der Waals surface area contributed by atoms with Crippen molar-refractivity contribution in [2.24, 2.45) is 5.92 Å². The van der Waals surface area contributed by atoms with Crippen LogP contribution in [0.1, 0.15) is 24.0 Å². The second-order valence-electron chi connectivity index (χ2n) is 7.40. The molecule has 148 valence electrons. The maximum Gasteiger partial charge on any atom is 0.231 e. The number of fused-ring (bicyclic) bond motifs is 2. The average molecular weight is 389 g/mol. The van der Waals surface area contributed by atoms with Crippen LogP contribution in [0, 0.1) is 5.92 Å². The smallest absolute Gasteiger partial charge is 0.231 e. The molecule has 0 saturated carbocycles. The van der Waals surface area contributed by atoms with Crippen molar-refractivity contribution in [3.05, 3.63) is 77.9 Å². The third-order valence-electron chi connectivity index (χ3n) is 5.65. The number of nitrogens with one attached hydrogen (secondary N) is 1. The van der Waals surface area contributed by atoms with Crippen molar-refractivity contribution >= 4 is 5.69 Å². The van der Waals surface area contributed by atoms with E-state index in [0.717, 1.165) is 34.2 Å². The van der Waals surface area contributed by atoms with Gasteiger partial charge in [0.15, 0.2) is 17.7 Å². The predicted octanol–water partition coefficient (Wildman–Crippen LogP) is 5.02. The van der Waals surface area contributed by atoms with Gasteiger partial charge in [0.1, 0.15) is 11.5 Å². The Hall–Kier alpha value is -3.34. The molecule has 2 aliphatic heterocycles. The van der Waals surface area contributed by atoms with Gasteiger partial charge in [0.05, 0.1) is 7.11 Å². The quantitative estimate of drug-likeness (QED) is 0.679. The Morgan fingerprint density at radius 3 is 2.34 bits per heavy atom. The second kappa shape index (κ2) is 7.24. The Labute approximate surface area is 170 Å². The lowest BCUT2D eigenvalue weighted by atomic mass is 9.78. The van der Waals surface area contributed by atoms with Crippen LogP contribution in [0.4, 0.5) is 5.69 Å². The maximum atomic E-state index is 6.40. The van der Waals surface area contributed by atoms with Gasteiger partial charge in [-0.1, -0.05) is 37.3 Å². The first-order chi connectivity index (χ1) is 14.2. The lowest BCUT2D eigenvalue weighted by Crippen LogP contribution is -2.40. The number of hydrogen-bond acceptors (Lipinski definition) is 5. The first-order valence-electron chi connectivity index (χ1n) is 9.78. The van der Waals surface area contributed by atoms with Crippen molar-refractivity contribution < 1.29 is 18.9 Å². The summed E-state index contributed by atoms with van der Waals surface area (Å²) in [6.45, 7) is 2.45. The van der Waals surface area contributed by atoms with Crippen molar-refractivity contribution in [2.75, 3.05) is 19.2 Å². The monoisotopic (exact) mass is 389 g/mol. The number of methoxy groups -OCH3 is 1. The molecule has 0 aliphatic carbocycles. The molecule has 2 aliphatic rings. The van der Waals surface area contributed by atoms with Crippen molar-refractivity contribution in [3.8, 4) is 23.0 Å². The molecule has 0 amide bonds. The van der Waals surface area contributed by atoms with Crippen LogP contribution in [-0.4, -0.2) is 20.1 Å². The Kier molecular flexibility index (Phi) is 4.43. The van der Waals surface area contributed by atoms with Gasteiger partial charge in [-0.3, -0.25) is 0 Å². The first-order valence-corrected chi connectivity index (χ1v) is 9.78. The van der Waals surface area contributed by atoms with Gasteiger partial charge in [0.25, 0.3) is 0 Å². The fraction of sp³-hybridized carbons (Fsp3) is 0.250. The maximum absolute atomic E-state index is 6.40. The highest BCUT2D eigenvalue weighted by Crippen LogP contribution is 2.49. The minimum atomic E-state index is -0.183. The highest BCUT2D eigenvalue weighted by molar-refractivity contribution is 5.57. The Morgan fingerprint density at radius 1 is 0.897 bits per heavy atom. The molecule has 0 spiro atoms. The number of anilines is 1. The molecule has 0 bridgehead atoms. The van der Waals surface area contributed by atoms with Crippen LogP contribution in [0.15, 0.2) is 66.7 Å². The fourth-order valence-corrected chi connectivity index (χ4v) is 4.14. The molecular formula is C24H23NO4. The van der Waals surface area contributed by atoms with Gasteiger partial charge in [-0.25, -0.2) is 0 Å². The zero-order valence-electron chi connectivity index (χ0n) is 16.4. The number of rotatable bonds is 4. The van der Waals surface area contributed by atoms with Crippen LogP contribution in [-0.2, 0) is 0 Å². The first kappa shape index (κ1) is 17.7. The van der Waals surface area contributed by atoms with E-state index in [2.05, 4.69) is 30.4 Å². The molecule has 0 saturated heterocycles. The van der Waals surface area contributed by atoms with Gasteiger partial charge in [0, 0.05) is 29.2 Å². The highest BCUT2D eigenvalue weighted by atomic mass is 16.7. The van der Waals surface area contributed by atoms with Gasteiger partial charge < -0.3 is 24.3 Å². The highest BCUT2D eigenvalue weighted by Gasteiger charge is 2.38. The summed E-state index contributed by atoms with van der Waals surface area (Å²) in [4.78, 5) is 0. The predicted molar refractivity (Wildman–Crippen MR) is 111 cm³/mol. The number of para-hydroxylation sites is 1. The van der Waals surface area contributed by atoms with Gasteiger partial charge >= 0.3 is 0 Å². The minimum Gasteiger partial charge on any atom is -0.497 e. The molecule has 3 aromatic carbocycles. The molecule has 1 N–H and O–H groups in total. The molecule has 5 rings (SSSR count). The Bertz CT molecular complexity index is 1000. The molecule has 0 radical (unpaired) electrons. The summed E-state index contributed by atoms with van der Waals surface area (Å²) in [6.07, 6.45) is -0.183. The normalized spacial score (nSPS) is 21.8. The third kappa shape index (κ3) is 3.23. The molecule has 3 atom stereocenters. The van der Waals surface area contributed by atoms with Crippen LogP contribution < -0.4 is 24.3 Å². The van der Waals surface area contributed by atoms with E-state index < -0.39 is 0 Å². The molecule has 3 aromatic rings. The van der Waals surface area contributed by atoms with E-state index in [4.69, 9.17) is 18.9 Å². The Balaban J connectivity index is 1.57. The minimum absolute atomic E-state index is 0.139. The van der Waals surface area contributed by atoms with Gasteiger partial charge in [-0.2, -0.15) is 0 Å². The molecule has 0 unspecified atom stereocenters. The largest absolute Gasteiger partial charge is 0.497 e. The van der Waals surface area contributed by atoms with Crippen LogP contribution in [0.2, 0.25) is 0 Å². The summed E-state index contributed by atoms with van der Waals surface area (Å²) in [6, 6.07) is 22.4. The topological polar surface area (TPSA) is 49.0 Å². The fourth-order valence-electron chi connectivity index (χ4n) is 4.14. The van der Waals surface area contributed by atoms with E-state index in [-0.39, 0.29) is 24.9 Å². The third-order valence-corrected chi connectivity index (χ3v) is 5.65. The van der Waals surface area contributed by atoms with Crippen molar-refractivity contribution in [1.29, 1.82) is 0 Å². The summed E-state index contributed by atoms with van der Waals surface area (Å²) in [5.41, 5.74) is 3.35. The Morgan fingerprint density at radius 2 is 1.62 bits per heavy atom. The van der Waals surface area contributed by atoms with E-state index in [1.165, 1.54) is 5.56 Å². The summed E-state index contributed by atoms with van der Waals surface area (Å²) in [5.74, 6) is 3.48. The van der Waals surface area contributed by atoms with Crippen LogP contribution in [0.25, 0.3) is 0 Å². The molecule has 5 nitrogen and oxygen atoms in total. The molecule has 2 heterocycles. The van der Waals surface area contributed by atoms with E-state index in [1.54, 1.807) is 7.11 Å². The number of ether oxygens (including phenoxy) is 4. The van der Waals surface area contributed by atoms with E-state index in [9.17, 15) is 0 Å². The standard InChI is InChI=1S/C24H23NO4/c1-15-23(16-8-10-18(26-2)11-9-16)19-12-21-22(28-14-27-21)13-20(19)29-24(15)25-17-6-4-3-5-7-17/h3-13,15,23-25H,14H2,1-2H3/t15-,23+,24+/m1/s1. The summed E-state index contributed by atoms with van der Waals surface area (Å²) >= 11 is 0. The molecule has 29 heavy (non-hydrogen) atoms. The molecule has 0 aromatic heterocycles. The van der Waals surface area contributed by atoms with Crippen molar-refractivity contribution in [1.82, 2.24) is 0 Å². The zero-order chi connectivity index (χ0) is 19.8. The summed E-state index contributed by atoms with van der Waals surface area (Å²) in [7, 11) is 1.68.